The molecule has 0 aromatic heterocycles. The monoisotopic (exact) mass is 380 g/mol. The second-order valence-corrected chi connectivity index (χ2v) is 7.35. The van der Waals surface area contributed by atoms with Gasteiger partial charge in [0.05, 0.1) is 27.7 Å². The summed E-state index contributed by atoms with van der Waals surface area (Å²) in [5.74, 6) is 1.19. The first-order valence-electron chi connectivity index (χ1n) is 7.03. The lowest BCUT2D eigenvalue weighted by Crippen LogP contribution is -2.28. The summed E-state index contributed by atoms with van der Waals surface area (Å²) in [4.78, 5) is 11.9. The molecule has 0 heterocycles. The van der Waals surface area contributed by atoms with E-state index in [-0.39, 0.29) is 27.7 Å². The first-order valence-corrected chi connectivity index (χ1v) is 8.85. The number of sulfonamides is 1. The number of terminal acetylenes is 1. The molecule has 0 spiro atoms. The van der Waals surface area contributed by atoms with Gasteiger partial charge in [-0.15, -0.1) is 6.42 Å². The molecular formula is C17H14ClFN2O3S. The fourth-order valence-corrected chi connectivity index (χ4v) is 3.44. The second-order valence-electron chi connectivity index (χ2n) is 4.98. The molecule has 2 aromatic carbocycles. The Morgan fingerprint density at radius 2 is 1.92 bits per heavy atom. The minimum atomic E-state index is -3.97. The summed E-state index contributed by atoms with van der Waals surface area (Å²) in [7, 11) is -2.64. The Balaban J connectivity index is 2.41. The topological polar surface area (TPSA) is 66.5 Å². The van der Waals surface area contributed by atoms with Crippen molar-refractivity contribution in [3.8, 4) is 12.3 Å². The highest BCUT2D eigenvalue weighted by Crippen LogP contribution is 2.25. The Morgan fingerprint density at radius 1 is 1.28 bits per heavy atom. The summed E-state index contributed by atoms with van der Waals surface area (Å²) in [6.07, 6.45) is 5.08. The van der Waals surface area contributed by atoms with Gasteiger partial charge in [0.25, 0.3) is 15.9 Å². The van der Waals surface area contributed by atoms with Crippen molar-refractivity contribution in [3.63, 3.8) is 0 Å². The van der Waals surface area contributed by atoms with Crippen molar-refractivity contribution >= 4 is 33.2 Å². The maximum absolute atomic E-state index is 13.0. The van der Waals surface area contributed by atoms with Gasteiger partial charge in [-0.05, 0) is 42.5 Å². The summed E-state index contributed by atoms with van der Waals surface area (Å²) in [5, 5.41) is 2.52. The molecule has 0 aliphatic rings. The van der Waals surface area contributed by atoms with E-state index in [9.17, 15) is 17.6 Å². The predicted octanol–water partition coefficient (Wildman–Crippen LogP) is 2.67. The molecule has 0 unspecified atom stereocenters. The lowest BCUT2D eigenvalue weighted by molar-refractivity contribution is 0.0958. The molecule has 0 saturated heterocycles. The van der Waals surface area contributed by atoms with Crippen LogP contribution in [0.3, 0.4) is 0 Å². The molecule has 0 bridgehead atoms. The molecule has 130 valence electrons. The molecule has 0 atom stereocenters. The number of anilines is 1. The number of hydrogen-bond acceptors (Lipinski definition) is 3. The number of nitrogens with zero attached hydrogens (tertiary/aromatic N) is 1. The van der Waals surface area contributed by atoms with Crippen LogP contribution in [0.25, 0.3) is 0 Å². The molecule has 0 aliphatic heterocycles. The Kier molecular flexibility index (Phi) is 5.67. The van der Waals surface area contributed by atoms with Crippen molar-refractivity contribution < 1.29 is 17.6 Å². The summed E-state index contributed by atoms with van der Waals surface area (Å²) < 4.78 is 39.5. The number of rotatable bonds is 5. The Bertz CT molecular complexity index is 937. The SMILES string of the molecule is C#CCNC(=O)c1cc(S(=O)(=O)N(C)c2ccc(F)cc2)ccc1Cl. The van der Waals surface area contributed by atoms with Gasteiger partial charge in [-0.2, -0.15) is 0 Å². The number of halogens is 2. The number of nitrogens with one attached hydrogen (secondary N) is 1. The van der Waals surface area contributed by atoms with Gasteiger partial charge in [0.15, 0.2) is 0 Å². The lowest BCUT2D eigenvalue weighted by Gasteiger charge is -2.20. The van der Waals surface area contributed by atoms with E-state index in [1.54, 1.807) is 0 Å². The Labute approximate surface area is 150 Å². The van der Waals surface area contributed by atoms with Crippen LogP contribution in [-0.2, 0) is 10.0 Å². The van der Waals surface area contributed by atoms with Gasteiger partial charge in [-0.1, -0.05) is 17.5 Å². The van der Waals surface area contributed by atoms with Crippen LogP contribution in [0.4, 0.5) is 10.1 Å². The van der Waals surface area contributed by atoms with Crippen molar-refractivity contribution in [2.45, 2.75) is 4.90 Å². The number of amides is 1. The third-order valence-corrected chi connectivity index (χ3v) is 5.49. The zero-order valence-corrected chi connectivity index (χ0v) is 14.7. The van der Waals surface area contributed by atoms with Crippen LogP contribution in [-0.4, -0.2) is 27.9 Å². The van der Waals surface area contributed by atoms with E-state index in [1.807, 2.05) is 0 Å². The number of carbonyl (C=O) groups is 1. The fourth-order valence-electron chi connectivity index (χ4n) is 2.01. The highest BCUT2D eigenvalue weighted by Gasteiger charge is 2.23. The van der Waals surface area contributed by atoms with Gasteiger partial charge >= 0.3 is 0 Å². The molecule has 0 radical (unpaired) electrons. The molecule has 2 aromatic rings. The Morgan fingerprint density at radius 3 is 2.52 bits per heavy atom. The number of hydrogen-bond donors (Lipinski definition) is 1. The van der Waals surface area contributed by atoms with Crippen molar-refractivity contribution in [1.82, 2.24) is 5.32 Å². The van der Waals surface area contributed by atoms with Crippen LogP contribution in [0.15, 0.2) is 47.4 Å². The fraction of sp³-hybridized carbons (Fsp3) is 0.118. The molecule has 25 heavy (non-hydrogen) atoms. The van der Waals surface area contributed by atoms with Crippen molar-refractivity contribution in [2.75, 3.05) is 17.9 Å². The van der Waals surface area contributed by atoms with E-state index < -0.39 is 21.7 Å². The van der Waals surface area contributed by atoms with E-state index in [4.69, 9.17) is 18.0 Å². The average Bonchev–Trinajstić information content (AvgIpc) is 2.59. The molecule has 2 rings (SSSR count). The average molecular weight is 381 g/mol. The minimum Gasteiger partial charge on any atom is -0.341 e. The normalized spacial score (nSPS) is 10.8. The zero-order chi connectivity index (χ0) is 18.6. The highest BCUT2D eigenvalue weighted by molar-refractivity contribution is 7.92. The number of benzene rings is 2. The summed E-state index contributed by atoms with van der Waals surface area (Å²) in [6, 6.07) is 8.76. The van der Waals surface area contributed by atoms with Crippen molar-refractivity contribution in [3.05, 3.63) is 58.9 Å². The van der Waals surface area contributed by atoms with Crippen molar-refractivity contribution in [1.29, 1.82) is 0 Å². The standard InChI is InChI=1S/C17H14ClFN2O3S/c1-3-10-20-17(22)15-11-14(8-9-16(15)18)25(23,24)21(2)13-6-4-12(19)5-7-13/h1,4-9,11H,10H2,2H3,(H,20,22). The van der Waals surface area contributed by atoms with Crippen LogP contribution in [0.5, 0.6) is 0 Å². The maximum atomic E-state index is 13.0. The summed E-state index contributed by atoms with van der Waals surface area (Å²) >= 11 is 5.97. The summed E-state index contributed by atoms with van der Waals surface area (Å²) in [5.41, 5.74) is 0.264. The third-order valence-electron chi connectivity index (χ3n) is 3.38. The van der Waals surface area contributed by atoms with E-state index in [0.29, 0.717) is 0 Å². The van der Waals surface area contributed by atoms with Crippen LogP contribution >= 0.6 is 11.6 Å². The largest absolute Gasteiger partial charge is 0.341 e. The highest BCUT2D eigenvalue weighted by atomic mass is 35.5. The van der Waals surface area contributed by atoms with Crippen LogP contribution in [0.1, 0.15) is 10.4 Å². The minimum absolute atomic E-state index is 0.00880. The molecule has 8 heteroatoms. The van der Waals surface area contributed by atoms with E-state index >= 15 is 0 Å². The quantitative estimate of drug-likeness (QED) is 0.811. The number of carbonyl (C=O) groups excluding carboxylic acids is 1. The van der Waals surface area contributed by atoms with E-state index in [1.165, 1.54) is 37.4 Å². The van der Waals surface area contributed by atoms with Gasteiger partial charge in [-0.3, -0.25) is 9.10 Å². The van der Waals surface area contributed by atoms with Gasteiger partial charge in [0.1, 0.15) is 5.82 Å². The smallest absolute Gasteiger partial charge is 0.264 e. The molecule has 5 nitrogen and oxygen atoms in total. The van der Waals surface area contributed by atoms with Crippen LogP contribution < -0.4 is 9.62 Å². The zero-order valence-electron chi connectivity index (χ0n) is 13.2. The van der Waals surface area contributed by atoms with Gasteiger partial charge in [-0.25, -0.2) is 12.8 Å². The third kappa shape index (κ3) is 4.10. The van der Waals surface area contributed by atoms with Gasteiger partial charge < -0.3 is 5.32 Å². The predicted molar refractivity (Wildman–Crippen MR) is 94.6 cm³/mol. The van der Waals surface area contributed by atoms with Crippen LogP contribution in [0.2, 0.25) is 5.02 Å². The van der Waals surface area contributed by atoms with Crippen LogP contribution in [0, 0.1) is 18.2 Å². The van der Waals surface area contributed by atoms with E-state index in [2.05, 4.69) is 11.2 Å². The molecular weight excluding hydrogens is 367 g/mol. The Hall–Kier alpha value is -2.56. The van der Waals surface area contributed by atoms with E-state index in [0.717, 1.165) is 16.4 Å². The first-order chi connectivity index (χ1) is 11.8. The molecule has 1 amide bonds. The molecule has 1 N–H and O–H groups in total. The summed E-state index contributed by atoms with van der Waals surface area (Å²) in [6.45, 7) is -0.0123. The first kappa shape index (κ1) is 18.8. The molecule has 0 saturated carbocycles. The lowest BCUT2D eigenvalue weighted by atomic mass is 10.2. The molecule has 0 aliphatic carbocycles. The second kappa shape index (κ2) is 7.55. The molecule has 0 fully saturated rings. The van der Waals surface area contributed by atoms with Gasteiger partial charge in [0.2, 0.25) is 0 Å². The van der Waals surface area contributed by atoms with Crippen molar-refractivity contribution in [2.24, 2.45) is 0 Å². The van der Waals surface area contributed by atoms with Gasteiger partial charge in [0, 0.05) is 7.05 Å². The maximum Gasteiger partial charge on any atom is 0.264 e.